The van der Waals surface area contributed by atoms with Crippen LogP contribution >= 0.6 is 11.6 Å². The highest BCUT2D eigenvalue weighted by atomic mass is 35.5. The minimum absolute atomic E-state index is 0.0275. The Morgan fingerprint density at radius 2 is 2.06 bits per heavy atom. The molecule has 1 aromatic rings. The predicted octanol–water partition coefficient (Wildman–Crippen LogP) is 2.61. The second-order valence-corrected chi connectivity index (χ2v) is 5.04. The van der Waals surface area contributed by atoms with Crippen LogP contribution in [0.5, 0.6) is 0 Å². The Hall–Kier alpha value is -0.900. The zero-order valence-electron chi connectivity index (χ0n) is 11.1. The molecule has 0 aliphatic heterocycles. The van der Waals surface area contributed by atoms with Gasteiger partial charge in [-0.1, -0.05) is 23.7 Å². The summed E-state index contributed by atoms with van der Waals surface area (Å²) in [5.41, 5.74) is 0.610. The number of Topliss-reactive ketones (excluding diaryl/α,β-unsaturated/α-hetero) is 1. The number of carbonyl (C=O) groups is 1. The Balaban J connectivity index is 2.88. The third-order valence-corrected chi connectivity index (χ3v) is 3.24. The number of rotatable bonds is 6. The van der Waals surface area contributed by atoms with E-state index in [1.54, 1.807) is 24.3 Å². The number of nitrogens with zero attached hydrogens (tertiary/aromatic N) is 1. The van der Waals surface area contributed by atoms with Crippen LogP contribution in [0.1, 0.15) is 31.1 Å². The maximum atomic E-state index is 12.3. The Kier molecular flexibility index (Phi) is 5.79. The van der Waals surface area contributed by atoms with Crippen molar-refractivity contribution in [1.82, 2.24) is 4.90 Å². The molecule has 3 nitrogen and oxygen atoms in total. The maximum absolute atomic E-state index is 12.3. The van der Waals surface area contributed by atoms with Crippen LogP contribution in [0.15, 0.2) is 24.3 Å². The van der Waals surface area contributed by atoms with Crippen LogP contribution in [0, 0.1) is 0 Å². The largest absolute Gasteiger partial charge is 0.395 e. The van der Waals surface area contributed by atoms with Gasteiger partial charge in [0.05, 0.1) is 12.6 Å². The smallest absolute Gasteiger partial charge is 0.179 e. The molecule has 0 amide bonds. The molecule has 0 aromatic heterocycles. The molecular formula is C14H20ClNO2. The van der Waals surface area contributed by atoms with E-state index in [0.717, 1.165) is 0 Å². The first-order chi connectivity index (χ1) is 8.47. The van der Waals surface area contributed by atoms with Gasteiger partial charge in [-0.2, -0.15) is 0 Å². The van der Waals surface area contributed by atoms with E-state index in [4.69, 9.17) is 16.7 Å². The number of hydrogen-bond acceptors (Lipinski definition) is 3. The lowest BCUT2D eigenvalue weighted by atomic mass is 10.0. The lowest BCUT2D eigenvalue weighted by molar-refractivity contribution is 0.0743. The second kappa shape index (κ2) is 6.88. The van der Waals surface area contributed by atoms with E-state index in [1.165, 1.54) is 0 Å². The molecule has 1 rings (SSSR count). The molecular weight excluding hydrogens is 250 g/mol. The van der Waals surface area contributed by atoms with Crippen LogP contribution in [-0.2, 0) is 0 Å². The molecule has 0 aliphatic carbocycles. The maximum Gasteiger partial charge on any atom is 0.179 e. The van der Waals surface area contributed by atoms with Gasteiger partial charge in [-0.25, -0.2) is 0 Å². The van der Waals surface area contributed by atoms with E-state index >= 15 is 0 Å². The molecule has 100 valence electrons. The number of aliphatic hydroxyl groups is 1. The second-order valence-electron chi connectivity index (χ2n) is 4.61. The molecule has 18 heavy (non-hydrogen) atoms. The first-order valence-corrected chi connectivity index (χ1v) is 6.51. The van der Waals surface area contributed by atoms with Crippen molar-refractivity contribution >= 4 is 17.4 Å². The molecule has 0 heterocycles. The summed E-state index contributed by atoms with van der Waals surface area (Å²) in [4.78, 5) is 14.3. The molecule has 0 fully saturated rings. The van der Waals surface area contributed by atoms with Crippen molar-refractivity contribution in [1.29, 1.82) is 0 Å². The van der Waals surface area contributed by atoms with E-state index in [2.05, 4.69) is 0 Å². The number of hydrogen-bond donors (Lipinski definition) is 1. The molecule has 0 bridgehead atoms. The normalized spacial score (nSPS) is 13.1. The minimum Gasteiger partial charge on any atom is -0.395 e. The van der Waals surface area contributed by atoms with Crippen molar-refractivity contribution in [2.45, 2.75) is 32.9 Å². The molecule has 0 radical (unpaired) electrons. The van der Waals surface area contributed by atoms with Crippen molar-refractivity contribution in [2.24, 2.45) is 0 Å². The average molecular weight is 270 g/mol. The average Bonchev–Trinajstić information content (AvgIpc) is 2.33. The third-order valence-electron chi connectivity index (χ3n) is 3.01. The topological polar surface area (TPSA) is 40.5 Å². The number of benzene rings is 1. The van der Waals surface area contributed by atoms with Crippen molar-refractivity contribution in [3.63, 3.8) is 0 Å². The molecule has 0 aliphatic rings. The fourth-order valence-electron chi connectivity index (χ4n) is 2.05. The van der Waals surface area contributed by atoms with Crippen LogP contribution in [0.3, 0.4) is 0 Å². The van der Waals surface area contributed by atoms with Gasteiger partial charge in [-0.05, 0) is 32.9 Å². The lowest BCUT2D eigenvalue weighted by Crippen LogP contribution is -2.44. The summed E-state index contributed by atoms with van der Waals surface area (Å²) in [5, 5.41) is 9.62. The Labute approximate surface area is 113 Å². The molecule has 1 unspecified atom stereocenters. The molecule has 1 aromatic carbocycles. The third kappa shape index (κ3) is 3.80. The van der Waals surface area contributed by atoms with Gasteiger partial charge in [0.2, 0.25) is 0 Å². The summed E-state index contributed by atoms with van der Waals surface area (Å²) in [7, 11) is 0. The van der Waals surface area contributed by atoms with Crippen LogP contribution in [0.2, 0.25) is 5.02 Å². The summed E-state index contributed by atoms with van der Waals surface area (Å²) >= 11 is 5.89. The zero-order valence-corrected chi connectivity index (χ0v) is 11.8. The summed E-state index contributed by atoms with van der Waals surface area (Å²) in [5.74, 6) is 0.0275. The minimum atomic E-state index is -0.268. The molecule has 0 spiro atoms. The summed E-state index contributed by atoms with van der Waals surface area (Å²) in [6.07, 6.45) is 0. The van der Waals surface area contributed by atoms with Crippen LogP contribution in [0.25, 0.3) is 0 Å². The molecule has 4 heteroatoms. The Bertz CT molecular complexity index is 407. The number of aliphatic hydroxyl groups excluding tert-OH is 1. The van der Waals surface area contributed by atoms with Gasteiger partial charge in [0, 0.05) is 23.2 Å². The van der Waals surface area contributed by atoms with Crippen LogP contribution in [-0.4, -0.2) is 41.0 Å². The van der Waals surface area contributed by atoms with Crippen LogP contribution in [0.4, 0.5) is 0 Å². The van der Waals surface area contributed by atoms with Crippen molar-refractivity contribution in [3.8, 4) is 0 Å². The summed E-state index contributed by atoms with van der Waals surface area (Å²) in [6, 6.07) is 6.90. The zero-order chi connectivity index (χ0) is 13.7. The number of ketones is 1. The quantitative estimate of drug-likeness (QED) is 0.807. The van der Waals surface area contributed by atoms with E-state index < -0.39 is 0 Å². The summed E-state index contributed by atoms with van der Waals surface area (Å²) < 4.78 is 0. The van der Waals surface area contributed by atoms with E-state index in [0.29, 0.717) is 17.1 Å². The van der Waals surface area contributed by atoms with Gasteiger partial charge in [0.25, 0.3) is 0 Å². The van der Waals surface area contributed by atoms with E-state index in [1.807, 2.05) is 25.7 Å². The monoisotopic (exact) mass is 269 g/mol. The van der Waals surface area contributed by atoms with Crippen molar-refractivity contribution in [3.05, 3.63) is 34.9 Å². The van der Waals surface area contributed by atoms with Crippen molar-refractivity contribution in [2.75, 3.05) is 13.2 Å². The van der Waals surface area contributed by atoms with Gasteiger partial charge in [0.15, 0.2) is 5.78 Å². The highest BCUT2D eigenvalue weighted by Crippen LogP contribution is 2.15. The molecule has 1 atom stereocenters. The fraction of sp³-hybridized carbons (Fsp3) is 0.500. The van der Waals surface area contributed by atoms with E-state index in [-0.39, 0.29) is 24.5 Å². The standard InChI is InChI=1S/C14H20ClNO2/c1-10(2)16(7-8-17)11(3)14(18)12-5-4-6-13(15)9-12/h4-6,9-11,17H,7-8H2,1-3H3. The Morgan fingerprint density at radius 1 is 1.39 bits per heavy atom. The molecule has 0 saturated carbocycles. The predicted molar refractivity (Wildman–Crippen MR) is 74.2 cm³/mol. The first-order valence-electron chi connectivity index (χ1n) is 6.13. The van der Waals surface area contributed by atoms with E-state index in [9.17, 15) is 4.79 Å². The van der Waals surface area contributed by atoms with Crippen molar-refractivity contribution < 1.29 is 9.90 Å². The Morgan fingerprint density at radius 3 is 2.56 bits per heavy atom. The first kappa shape index (κ1) is 15.2. The van der Waals surface area contributed by atoms with Gasteiger partial charge in [0.1, 0.15) is 0 Å². The SMILES string of the molecule is CC(C)N(CCO)C(C)C(=O)c1cccc(Cl)c1. The van der Waals surface area contributed by atoms with Gasteiger partial charge in [-0.3, -0.25) is 9.69 Å². The van der Waals surface area contributed by atoms with Gasteiger partial charge < -0.3 is 5.11 Å². The number of halogens is 1. The van der Waals surface area contributed by atoms with Gasteiger partial charge >= 0.3 is 0 Å². The van der Waals surface area contributed by atoms with Gasteiger partial charge in [-0.15, -0.1) is 0 Å². The lowest BCUT2D eigenvalue weighted by Gasteiger charge is -2.31. The molecule has 1 N–H and O–H groups in total. The number of carbonyl (C=O) groups excluding carboxylic acids is 1. The summed E-state index contributed by atoms with van der Waals surface area (Å²) in [6.45, 7) is 6.42. The highest BCUT2D eigenvalue weighted by Gasteiger charge is 2.24. The highest BCUT2D eigenvalue weighted by molar-refractivity contribution is 6.31. The fourth-order valence-corrected chi connectivity index (χ4v) is 2.24. The van der Waals surface area contributed by atoms with Crippen LogP contribution < -0.4 is 0 Å². The molecule has 0 saturated heterocycles.